The number of anilines is 1. The highest BCUT2D eigenvalue weighted by atomic mass is 16.5. The number of azide groups is 1. The van der Waals surface area contributed by atoms with E-state index >= 15 is 0 Å². The van der Waals surface area contributed by atoms with Crippen LogP contribution in [0.2, 0.25) is 0 Å². The first-order chi connectivity index (χ1) is 13.1. The average Bonchev–Trinajstić information content (AvgIpc) is 3.08. The Hall–Kier alpha value is -2.87. The molecule has 1 aromatic heterocycles. The Balaban J connectivity index is 1.69. The monoisotopic (exact) mass is 370 g/mol. The molecule has 27 heavy (non-hydrogen) atoms. The Kier molecular flexibility index (Phi) is 6.08. The number of aromatic nitrogens is 2. The molecule has 0 amide bonds. The smallest absolute Gasteiger partial charge is 0.351 e. The Morgan fingerprint density at radius 3 is 2.93 bits per heavy atom. The van der Waals surface area contributed by atoms with Gasteiger partial charge in [-0.15, -0.1) is 0 Å². The second-order valence-corrected chi connectivity index (χ2v) is 6.44. The van der Waals surface area contributed by atoms with Gasteiger partial charge in [0.1, 0.15) is 12.0 Å². The predicted molar refractivity (Wildman–Crippen MR) is 100 cm³/mol. The maximum Gasteiger partial charge on any atom is 0.351 e. The van der Waals surface area contributed by atoms with E-state index in [1.165, 1.54) is 10.1 Å². The van der Waals surface area contributed by atoms with Gasteiger partial charge in [-0.3, -0.25) is 4.57 Å². The normalized spacial score (nSPS) is 21.6. The van der Waals surface area contributed by atoms with Crippen LogP contribution in [0.4, 0.5) is 5.82 Å². The van der Waals surface area contributed by atoms with E-state index in [4.69, 9.17) is 10.3 Å². The molecule has 9 heteroatoms. The molecule has 142 valence electrons. The third-order valence-corrected chi connectivity index (χ3v) is 4.58. The van der Waals surface area contributed by atoms with E-state index < -0.39 is 24.1 Å². The van der Waals surface area contributed by atoms with Crippen molar-refractivity contribution in [3.63, 3.8) is 0 Å². The molecule has 9 nitrogen and oxygen atoms in total. The SMILES string of the molecule is Cc1cn([C@@H]2C[C@@H](N=[N+]=[N-])[C@H](CO)O2)c(=O)nc1NCCc1ccccc1. The lowest BCUT2D eigenvalue weighted by atomic mass is 10.1. The number of rotatable bonds is 7. The number of benzene rings is 1. The fraction of sp³-hybridized carbons (Fsp3) is 0.444. The molecule has 1 aliphatic heterocycles. The summed E-state index contributed by atoms with van der Waals surface area (Å²) in [4.78, 5) is 19.3. The van der Waals surface area contributed by atoms with Crippen molar-refractivity contribution >= 4 is 5.82 Å². The summed E-state index contributed by atoms with van der Waals surface area (Å²) >= 11 is 0. The predicted octanol–water partition coefficient (Wildman–Crippen LogP) is 2.17. The summed E-state index contributed by atoms with van der Waals surface area (Å²) in [5, 5.41) is 16.2. The van der Waals surface area contributed by atoms with Crippen LogP contribution in [0.15, 0.2) is 46.4 Å². The first-order valence-corrected chi connectivity index (χ1v) is 8.80. The molecular formula is C18H22N6O3. The fourth-order valence-corrected chi connectivity index (χ4v) is 3.16. The lowest BCUT2D eigenvalue weighted by Crippen LogP contribution is -2.29. The molecule has 1 fully saturated rings. The summed E-state index contributed by atoms with van der Waals surface area (Å²) in [5.41, 5.74) is 10.2. The number of aliphatic hydroxyl groups is 1. The number of aliphatic hydroxyl groups excluding tert-OH is 1. The van der Waals surface area contributed by atoms with Crippen LogP contribution in [0.5, 0.6) is 0 Å². The van der Waals surface area contributed by atoms with Crippen molar-refractivity contribution in [2.45, 2.75) is 38.1 Å². The highest BCUT2D eigenvalue weighted by molar-refractivity contribution is 5.41. The Labute approximate surface area is 156 Å². The second-order valence-electron chi connectivity index (χ2n) is 6.44. The third kappa shape index (κ3) is 4.46. The van der Waals surface area contributed by atoms with Gasteiger partial charge in [-0.25, -0.2) is 4.79 Å². The Morgan fingerprint density at radius 2 is 2.22 bits per heavy atom. The van der Waals surface area contributed by atoms with E-state index in [2.05, 4.69) is 32.5 Å². The topological polar surface area (TPSA) is 125 Å². The largest absolute Gasteiger partial charge is 0.394 e. The maximum absolute atomic E-state index is 12.4. The number of hydrogen-bond acceptors (Lipinski definition) is 6. The van der Waals surface area contributed by atoms with Crippen molar-refractivity contribution in [2.75, 3.05) is 18.5 Å². The first-order valence-electron chi connectivity index (χ1n) is 8.80. The molecule has 1 aromatic carbocycles. The molecular weight excluding hydrogens is 348 g/mol. The van der Waals surface area contributed by atoms with Gasteiger partial charge in [0.25, 0.3) is 0 Å². The molecule has 0 spiro atoms. The van der Waals surface area contributed by atoms with Crippen LogP contribution in [-0.4, -0.2) is 40.0 Å². The Bertz CT molecular complexity index is 878. The second kappa shape index (κ2) is 8.68. The number of nitrogens with one attached hydrogen (secondary N) is 1. The summed E-state index contributed by atoms with van der Waals surface area (Å²) in [6, 6.07) is 9.54. The van der Waals surface area contributed by atoms with Crippen LogP contribution in [-0.2, 0) is 11.2 Å². The standard InChI is InChI=1S/C18H22N6O3/c1-12-10-24(16-9-14(22-23-19)15(11-25)27-16)18(26)21-17(12)20-8-7-13-5-3-2-4-6-13/h2-6,10,14-16,25H,7-9,11H2,1H3,(H,20,21,26)/t14-,15+,16+/m1/s1. The number of aryl methyl sites for hydroxylation is 1. The van der Waals surface area contributed by atoms with Gasteiger partial charge >= 0.3 is 5.69 Å². The summed E-state index contributed by atoms with van der Waals surface area (Å²) in [6.07, 6.45) is 1.58. The summed E-state index contributed by atoms with van der Waals surface area (Å²) in [5.74, 6) is 0.537. The van der Waals surface area contributed by atoms with E-state index in [1.807, 2.05) is 25.1 Å². The highest BCUT2D eigenvalue weighted by Gasteiger charge is 2.35. The van der Waals surface area contributed by atoms with Gasteiger partial charge in [-0.1, -0.05) is 35.4 Å². The minimum Gasteiger partial charge on any atom is -0.394 e. The van der Waals surface area contributed by atoms with Crippen LogP contribution in [0.25, 0.3) is 10.4 Å². The summed E-state index contributed by atoms with van der Waals surface area (Å²) < 4.78 is 7.05. The molecule has 0 aliphatic carbocycles. The third-order valence-electron chi connectivity index (χ3n) is 4.58. The van der Waals surface area contributed by atoms with Gasteiger partial charge in [0.15, 0.2) is 0 Å². The van der Waals surface area contributed by atoms with Gasteiger partial charge in [0, 0.05) is 29.6 Å². The molecule has 3 atom stereocenters. The average molecular weight is 370 g/mol. The molecule has 0 saturated carbocycles. The van der Waals surface area contributed by atoms with Gasteiger partial charge in [0.05, 0.1) is 18.8 Å². The van der Waals surface area contributed by atoms with Crippen LogP contribution >= 0.6 is 0 Å². The van der Waals surface area contributed by atoms with Crippen LogP contribution in [0.3, 0.4) is 0 Å². The van der Waals surface area contributed by atoms with Crippen molar-refractivity contribution in [3.8, 4) is 0 Å². The van der Waals surface area contributed by atoms with Crippen molar-refractivity contribution in [2.24, 2.45) is 5.11 Å². The van der Waals surface area contributed by atoms with E-state index in [0.29, 0.717) is 18.8 Å². The number of hydrogen-bond donors (Lipinski definition) is 2. The fourth-order valence-electron chi connectivity index (χ4n) is 3.16. The van der Waals surface area contributed by atoms with Crippen molar-refractivity contribution in [1.29, 1.82) is 0 Å². The summed E-state index contributed by atoms with van der Waals surface area (Å²) in [6.45, 7) is 2.24. The number of nitrogens with zero attached hydrogens (tertiary/aromatic N) is 5. The molecule has 2 N–H and O–H groups in total. The highest BCUT2D eigenvalue weighted by Crippen LogP contribution is 2.30. The Morgan fingerprint density at radius 1 is 1.44 bits per heavy atom. The van der Waals surface area contributed by atoms with E-state index in [9.17, 15) is 9.90 Å². The van der Waals surface area contributed by atoms with E-state index in [0.717, 1.165) is 12.0 Å². The van der Waals surface area contributed by atoms with Crippen molar-refractivity contribution < 1.29 is 9.84 Å². The molecule has 2 aromatic rings. The van der Waals surface area contributed by atoms with Gasteiger partial charge in [-0.05, 0) is 24.4 Å². The lowest BCUT2D eigenvalue weighted by molar-refractivity contribution is -0.0270. The maximum atomic E-state index is 12.4. The van der Waals surface area contributed by atoms with Gasteiger partial charge in [0.2, 0.25) is 0 Å². The van der Waals surface area contributed by atoms with E-state index in [-0.39, 0.29) is 6.61 Å². The van der Waals surface area contributed by atoms with Crippen molar-refractivity contribution in [1.82, 2.24) is 9.55 Å². The molecule has 3 rings (SSSR count). The zero-order chi connectivity index (χ0) is 19.2. The van der Waals surface area contributed by atoms with Crippen molar-refractivity contribution in [3.05, 3.63) is 68.6 Å². The zero-order valence-corrected chi connectivity index (χ0v) is 15.0. The van der Waals surface area contributed by atoms with Crippen LogP contribution in [0.1, 0.15) is 23.8 Å². The molecule has 1 aliphatic rings. The molecule has 2 heterocycles. The van der Waals surface area contributed by atoms with Crippen LogP contribution < -0.4 is 11.0 Å². The minimum atomic E-state index is -0.623. The zero-order valence-electron chi connectivity index (χ0n) is 15.0. The molecule has 0 radical (unpaired) electrons. The molecule has 0 bridgehead atoms. The summed E-state index contributed by atoms with van der Waals surface area (Å²) in [7, 11) is 0. The quantitative estimate of drug-likeness (QED) is 0.439. The first kappa shape index (κ1) is 18.9. The van der Waals surface area contributed by atoms with E-state index in [1.54, 1.807) is 6.20 Å². The lowest BCUT2D eigenvalue weighted by Gasteiger charge is -2.17. The van der Waals surface area contributed by atoms with Crippen LogP contribution in [0, 0.1) is 6.92 Å². The molecule has 0 unspecified atom stereocenters. The van der Waals surface area contributed by atoms with Gasteiger partial charge in [-0.2, -0.15) is 4.98 Å². The number of ether oxygens (including phenoxy) is 1. The van der Waals surface area contributed by atoms with Gasteiger partial charge < -0.3 is 15.2 Å². The molecule has 1 saturated heterocycles. The minimum absolute atomic E-state index is 0.277.